The lowest BCUT2D eigenvalue weighted by Gasteiger charge is -2.28. The number of methoxy groups -OCH3 is 1. The molecule has 3 aromatic rings. The maximum absolute atomic E-state index is 13.1. The fourth-order valence-electron chi connectivity index (χ4n) is 4.95. The number of hydrogen-bond donors (Lipinski definition) is 0. The lowest BCUT2D eigenvalue weighted by atomic mass is 9.98. The summed E-state index contributed by atoms with van der Waals surface area (Å²) in [5, 5.41) is 0.461. The van der Waals surface area contributed by atoms with Gasteiger partial charge in [0, 0.05) is 36.6 Å². The van der Waals surface area contributed by atoms with Crippen molar-refractivity contribution in [3.63, 3.8) is 0 Å². The summed E-state index contributed by atoms with van der Waals surface area (Å²) in [5.74, 6) is 0.987. The van der Waals surface area contributed by atoms with Crippen molar-refractivity contribution >= 4 is 23.6 Å². The van der Waals surface area contributed by atoms with Crippen LogP contribution >= 0.6 is 11.6 Å². The number of nitrogens with zero attached hydrogens (tertiary/aromatic N) is 5. The number of ether oxygens (including phenoxy) is 3. The summed E-state index contributed by atoms with van der Waals surface area (Å²) in [6.45, 7) is 8.92. The van der Waals surface area contributed by atoms with Gasteiger partial charge in [-0.3, -0.25) is 4.90 Å². The number of aryl methyl sites for hydroxylation is 2. The molecule has 1 aromatic carbocycles. The molecular formula is C27H30ClN5O4. The van der Waals surface area contributed by atoms with Crippen molar-refractivity contribution < 1.29 is 19.0 Å². The predicted molar refractivity (Wildman–Crippen MR) is 140 cm³/mol. The Labute approximate surface area is 221 Å². The van der Waals surface area contributed by atoms with Crippen LogP contribution in [0.2, 0.25) is 5.02 Å². The van der Waals surface area contributed by atoms with Crippen LogP contribution in [0.3, 0.4) is 0 Å². The number of amides is 1. The van der Waals surface area contributed by atoms with Gasteiger partial charge in [-0.1, -0.05) is 40.9 Å². The minimum Gasteiger partial charge on any atom is -0.481 e. The van der Waals surface area contributed by atoms with Gasteiger partial charge in [-0.25, -0.2) is 19.7 Å². The molecule has 2 saturated heterocycles. The lowest BCUT2D eigenvalue weighted by Crippen LogP contribution is -2.38. The maximum Gasteiger partial charge on any atom is 0.411 e. The molecule has 0 radical (unpaired) electrons. The van der Waals surface area contributed by atoms with Crippen LogP contribution in [0.4, 0.5) is 10.7 Å². The zero-order valence-electron chi connectivity index (χ0n) is 21.4. The number of rotatable bonds is 6. The van der Waals surface area contributed by atoms with Gasteiger partial charge in [-0.15, -0.1) is 0 Å². The smallest absolute Gasteiger partial charge is 0.411 e. The average molecular weight is 524 g/mol. The Hall–Kier alpha value is -3.43. The van der Waals surface area contributed by atoms with Crippen LogP contribution in [0.25, 0.3) is 11.1 Å². The van der Waals surface area contributed by atoms with Crippen LogP contribution in [0.15, 0.2) is 36.7 Å². The third kappa shape index (κ3) is 5.19. The largest absolute Gasteiger partial charge is 0.481 e. The summed E-state index contributed by atoms with van der Waals surface area (Å²) in [4.78, 5) is 30.8. The van der Waals surface area contributed by atoms with Crippen molar-refractivity contribution in [2.24, 2.45) is 0 Å². The number of cyclic esters (lactones) is 1. The number of pyridine rings is 1. The van der Waals surface area contributed by atoms with E-state index in [2.05, 4.69) is 33.1 Å². The van der Waals surface area contributed by atoms with E-state index < -0.39 is 0 Å². The molecule has 0 spiro atoms. The molecule has 0 saturated carbocycles. The second-order valence-electron chi connectivity index (χ2n) is 9.43. The van der Waals surface area contributed by atoms with Crippen LogP contribution in [0.1, 0.15) is 35.4 Å². The molecule has 9 nitrogen and oxygen atoms in total. The summed E-state index contributed by atoms with van der Waals surface area (Å²) in [6, 6.07) is 7.81. The predicted octanol–water partition coefficient (Wildman–Crippen LogP) is 4.74. The molecule has 2 aromatic heterocycles. The zero-order chi connectivity index (χ0) is 26.1. The van der Waals surface area contributed by atoms with Crippen molar-refractivity contribution in [1.82, 2.24) is 19.9 Å². The van der Waals surface area contributed by atoms with Crippen LogP contribution in [0.5, 0.6) is 5.88 Å². The second-order valence-corrected chi connectivity index (χ2v) is 9.87. The first-order valence-corrected chi connectivity index (χ1v) is 12.7. The monoisotopic (exact) mass is 523 g/mol. The first-order valence-electron chi connectivity index (χ1n) is 12.3. The number of hydrogen-bond acceptors (Lipinski definition) is 8. The number of aromatic nitrogens is 3. The number of carbonyl (C=O) groups excluding carboxylic acids is 1. The van der Waals surface area contributed by atoms with E-state index in [1.165, 1.54) is 6.20 Å². The van der Waals surface area contributed by atoms with E-state index in [0.29, 0.717) is 60.0 Å². The Morgan fingerprint density at radius 2 is 1.78 bits per heavy atom. The molecule has 0 bridgehead atoms. The molecule has 10 heteroatoms. The van der Waals surface area contributed by atoms with Crippen molar-refractivity contribution in [2.75, 3.05) is 38.3 Å². The lowest BCUT2D eigenvalue weighted by molar-refractivity contribution is 0.122. The second kappa shape index (κ2) is 10.5. The molecule has 1 amide bonds. The van der Waals surface area contributed by atoms with E-state index in [-0.39, 0.29) is 24.8 Å². The molecule has 194 valence electrons. The first-order chi connectivity index (χ1) is 17.8. The SMILES string of the molecule is COc1ncc(Cl)cc1-c1cnc(N2CCOCC2)nc1CN1C(=O)O[C@H](c2cc(C)cc(C)c2)[C@@H]1C. The summed E-state index contributed by atoms with van der Waals surface area (Å²) in [7, 11) is 1.55. The van der Waals surface area contributed by atoms with E-state index in [1.54, 1.807) is 24.3 Å². The minimum absolute atomic E-state index is 0.206. The number of morpholine rings is 1. The van der Waals surface area contributed by atoms with E-state index in [0.717, 1.165) is 16.7 Å². The molecule has 37 heavy (non-hydrogen) atoms. The summed E-state index contributed by atoms with van der Waals surface area (Å²) < 4.78 is 16.9. The topological polar surface area (TPSA) is 89.9 Å². The normalized spacial score (nSPS) is 19.8. The standard InChI is InChI=1S/C27H30ClN5O4/c1-16-9-17(2)11-19(10-16)24-18(3)33(27(34)37-24)15-23-22(21-12-20(28)13-29-25(21)35-4)14-30-26(31-23)32-5-7-36-8-6-32/h9-14,18,24H,5-8,15H2,1-4H3/t18-,24-/m0/s1. The number of anilines is 1. The summed E-state index contributed by atoms with van der Waals surface area (Å²) in [6.07, 6.45) is 2.51. The van der Waals surface area contributed by atoms with Gasteiger partial charge in [-0.2, -0.15) is 0 Å². The highest BCUT2D eigenvalue weighted by Crippen LogP contribution is 2.37. The van der Waals surface area contributed by atoms with Gasteiger partial charge in [0.25, 0.3) is 0 Å². The zero-order valence-corrected chi connectivity index (χ0v) is 22.2. The van der Waals surface area contributed by atoms with Gasteiger partial charge in [-0.05, 0) is 32.4 Å². The fraction of sp³-hybridized carbons (Fsp3) is 0.407. The van der Waals surface area contributed by atoms with Gasteiger partial charge in [0.05, 0.1) is 43.6 Å². The molecule has 2 aliphatic heterocycles. The molecule has 0 aliphatic carbocycles. The van der Waals surface area contributed by atoms with Crippen LogP contribution < -0.4 is 9.64 Å². The molecule has 2 atom stereocenters. The molecule has 0 N–H and O–H groups in total. The summed E-state index contributed by atoms with van der Waals surface area (Å²) >= 11 is 6.29. The quantitative estimate of drug-likeness (QED) is 0.458. The van der Waals surface area contributed by atoms with E-state index >= 15 is 0 Å². The van der Waals surface area contributed by atoms with Gasteiger partial charge >= 0.3 is 6.09 Å². The third-order valence-corrected chi connectivity index (χ3v) is 6.94. The first kappa shape index (κ1) is 25.2. The van der Waals surface area contributed by atoms with Crippen LogP contribution in [-0.2, 0) is 16.0 Å². The highest BCUT2D eigenvalue weighted by Gasteiger charge is 2.40. The van der Waals surface area contributed by atoms with E-state index in [4.69, 9.17) is 30.8 Å². The Morgan fingerprint density at radius 1 is 1.05 bits per heavy atom. The van der Waals surface area contributed by atoms with Crippen molar-refractivity contribution in [3.8, 4) is 17.0 Å². The number of carbonyl (C=O) groups is 1. The Bertz CT molecular complexity index is 1290. The highest BCUT2D eigenvalue weighted by molar-refractivity contribution is 6.30. The Morgan fingerprint density at radius 3 is 2.49 bits per heavy atom. The van der Waals surface area contributed by atoms with Crippen LogP contribution in [0, 0.1) is 13.8 Å². The van der Waals surface area contributed by atoms with Gasteiger partial charge < -0.3 is 19.1 Å². The molecular weight excluding hydrogens is 494 g/mol. The Balaban J connectivity index is 1.53. The summed E-state index contributed by atoms with van der Waals surface area (Å²) in [5.41, 5.74) is 5.25. The van der Waals surface area contributed by atoms with Gasteiger partial charge in [0.2, 0.25) is 11.8 Å². The van der Waals surface area contributed by atoms with Gasteiger partial charge in [0.1, 0.15) is 6.10 Å². The van der Waals surface area contributed by atoms with Crippen molar-refractivity contribution in [3.05, 3.63) is 64.1 Å². The molecule has 4 heterocycles. The third-order valence-electron chi connectivity index (χ3n) is 6.73. The Kier molecular flexibility index (Phi) is 7.17. The van der Waals surface area contributed by atoms with E-state index in [1.807, 2.05) is 20.8 Å². The van der Waals surface area contributed by atoms with Crippen molar-refractivity contribution in [1.29, 1.82) is 0 Å². The fourth-order valence-corrected chi connectivity index (χ4v) is 5.10. The van der Waals surface area contributed by atoms with E-state index in [9.17, 15) is 4.79 Å². The molecule has 0 unspecified atom stereocenters. The number of halogens is 1. The molecule has 2 fully saturated rings. The van der Waals surface area contributed by atoms with Crippen LogP contribution in [-0.4, -0.2) is 65.4 Å². The minimum atomic E-state index is -0.384. The van der Waals surface area contributed by atoms with Gasteiger partial charge in [0.15, 0.2) is 0 Å². The molecule has 5 rings (SSSR count). The molecule has 2 aliphatic rings. The number of benzene rings is 1. The maximum atomic E-state index is 13.1. The highest BCUT2D eigenvalue weighted by atomic mass is 35.5. The average Bonchev–Trinajstić information content (AvgIpc) is 3.17. The van der Waals surface area contributed by atoms with Crippen molar-refractivity contribution in [2.45, 2.75) is 39.5 Å².